The molecular formula is C11H8BrN3O2. The Bertz CT molecular complexity index is 592. The third-order valence-electron chi connectivity index (χ3n) is 2.07. The molecule has 0 saturated carbocycles. The summed E-state index contributed by atoms with van der Waals surface area (Å²) in [6.45, 7) is 0. The number of rotatable bonds is 2. The van der Waals surface area contributed by atoms with Crippen molar-refractivity contribution in [3.8, 4) is 0 Å². The number of H-pyrrole nitrogens is 1. The Balaban J connectivity index is 2.20. The number of aromatic nitrogens is 2. The van der Waals surface area contributed by atoms with E-state index in [0.717, 1.165) is 4.47 Å². The molecule has 0 bridgehead atoms. The Morgan fingerprint density at radius 2 is 2.00 bits per heavy atom. The first kappa shape index (κ1) is 11.5. The van der Waals surface area contributed by atoms with Gasteiger partial charge in [-0.25, -0.2) is 4.98 Å². The maximum absolute atomic E-state index is 11.7. The summed E-state index contributed by atoms with van der Waals surface area (Å²) >= 11 is 3.29. The molecule has 1 heterocycles. The number of amides is 1. The van der Waals surface area contributed by atoms with Crippen LogP contribution in [0.5, 0.6) is 0 Å². The van der Waals surface area contributed by atoms with E-state index < -0.39 is 11.5 Å². The van der Waals surface area contributed by atoms with Crippen LogP contribution in [0.2, 0.25) is 0 Å². The first-order valence-corrected chi connectivity index (χ1v) is 5.56. The van der Waals surface area contributed by atoms with Crippen LogP contribution in [-0.2, 0) is 0 Å². The highest BCUT2D eigenvalue weighted by atomic mass is 79.9. The van der Waals surface area contributed by atoms with Crippen LogP contribution in [0.1, 0.15) is 10.4 Å². The van der Waals surface area contributed by atoms with Gasteiger partial charge in [-0.2, -0.15) is 0 Å². The van der Waals surface area contributed by atoms with E-state index >= 15 is 0 Å². The van der Waals surface area contributed by atoms with Gasteiger partial charge in [0.15, 0.2) is 0 Å². The largest absolute Gasteiger partial charge is 0.322 e. The van der Waals surface area contributed by atoms with Crippen LogP contribution in [-0.4, -0.2) is 15.9 Å². The summed E-state index contributed by atoms with van der Waals surface area (Å²) < 4.78 is 0.912. The lowest BCUT2D eigenvalue weighted by atomic mass is 10.3. The van der Waals surface area contributed by atoms with Gasteiger partial charge in [0.2, 0.25) is 0 Å². The lowest BCUT2D eigenvalue weighted by Crippen LogP contribution is -2.23. The van der Waals surface area contributed by atoms with E-state index in [4.69, 9.17) is 0 Å². The van der Waals surface area contributed by atoms with Crippen LogP contribution in [0.4, 0.5) is 5.69 Å². The Morgan fingerprint density at radius 1 is 1.29 bits per heavy atom. The molecule has 5 nitrogen and oxygen atoms in total. The zero-order chi connectivity index (χ0) is 12.3. The van der Waals surface area contributed by atoms with Crippen LogP contribution < -0.4 is 10.9 Å². The Hall–Kier alpha value is -1.95. The maximum atomic E-state index is 11.7. The number of hydrogen-bond donors (Lipinski definition) is 2. The minimum absolute atomic E-state index is 0.0181. The second-order valence-electron chi connectivity index (χ2n) is 3.26. The fraction of sp³-hybridized carbons (Fsp3) is 0. The molecule has 2 N–H and O–H groups in total. The van der Waals surface area contributed by atoms with Crippen molar-refractivity contribution >= 4 is 27.5 Å². The maximum Gasteiger partial charge on any atom is 0.263 e. The van der Waals surface area contributed by atoms with Crippen molar-refractivity contribution in [3.05, 3.63) is 57.2 Å². The highest BCUT2D eigenvalue weighted by Gasteiger charge is 2.10. The molecule has 0 aliphatic carbocycles. The molecular weight excluding hydrogens is 286 g/mol. The number of anilines is 1. The molecule has 0 aliphatic heterocycles. The zero-order valence-electron chi connectivity index (χ0n) is 8.61. The average molecular weight is 294 g/mol. The molecule has 0 unspecified atom stereocenters. The van der Waals surface area contributed by atoms with E-state index in [-0.39, 0.29) is 5.56 Å². The fourth-order valence-electron chi connectivity index (χ4n) is 1.24. The van der Waals surface area contributed by atoms with E-state index in [1.54, 1.807) is 24.3 Å². The number of carbonyl (C=O) groups is 1. The van der Waals surface area contributed by atoms with Crippen LogP contribution in [0.25, 0.3) is 0 Å². The van der Waals surface area contributed by atoms with E-state index in [2.05, 4.69) is 31.2 Å². The van der Waals surface area contributed by atoms with Crippen molar-refractivity contribution in [2.45, 2.75) is 0 Å². The summed E-state index contributed by atoms with van der Waals surface area (Å²) in [5.74, 6) is -0.485. The molecule has 2 aromatic rings. The lowest BCUT2D eigenvalue weighted by Gasteiger charge is -2.03. The smallest absolute Gasteiger partial charge is 0.263 e. The summed E-state index contributed by atoms with van der Waals surface area (Å²) in [5, 5.41) is 2.61. The van der Waals surface area contributed by atoms with Gasteiger partial charge in [-0.05, 0) is 24.3 Å². The first-order valence-electron chi connectivity index (χ1n) is 4.76. The van der Waals surface area contributed by atoms with E-state index in [1.165, 1.54) is 12.5 Å². The quantitative estimate of drug-likeness (QED) is 0.886. The Morgan fingerprint density at radius 3 is 2.65 bits per heavy atom. The fourth-order valence-corrected chi connectivity index (χ4v) is 1.50. The molecule has 0 saturated heterocycles. The van der Waals surface area contributed by atoms with Crippen LogP contribution in [0, 0.1) is 0 Å². The van der Waals surface area contributed by atoms with Gasteiger partial charge in [-0.1, -0.05) is 15.9 Å². The predicted molar refractivity (Wildman–Crippen MR) is 67.0 cm³/mol. The molecule has 2 rings (SSSR count). The zero-order valence-corrected chi connectivity index (χ0v) is 10.2. The number of benzene rings is 1. The van der Waals surface area contributed by atoms with Crippen molar-refractivity contribution in [2.75, 3.05) is 5.32 Å². The number of carbonyl (C=O) groups excluding carboxylic acids is 1. The van der Waals surface area contributed by atoms with E-state index in [1.807, 2.05) is 0 Å². The summed E-state index contributed by atoms with van der Waals surface area (Å²) in [4.78, 5) is 29.1. The number of hydrogen-bond acceptors (Lipinski definition) is 3. The average Bonchev–Trinajstić information content (AvgIpc) is 2.32. The molecule has 0 atom stereocenters. The van der Waals surface area contributed by atoms with E-state index in [0.29, 0.717) is 5.69 Å². The van der Waals surface area contributed by atoms with Crippen LogP contribution in [0.15, 0.2) is 46.1 Å². The van der Waals surface area contributed by atoms with Crippen molar-refractivity contribution in [1.82, 2.24) is 9.97 Å². The molecule has 1 aromatic heterocycles. The normalized spacial score (nSPS) is 9.94. The lowest BCUT2D eigenvalue weighted by molar-refractivity contribution is 0.102. The predicted octanol–water partition coefficient (Wildman–Crippen LogP) is 1.78. The van der Waals surface area contributed by atoms with Gasteiger partial charge in [0.1, 0.15) is 5.56 Å². The Kier molecular flexibility index (Phi) is 3.34. The number of halogens is 1. The standard InChI is InChI=1S/C11H8BrN3O2/c12-7-1-3-8(4-2-7)15-11(17)9-5-13-6-14-10(9)16/h1-6H,(H,15,17)(H,13,14,16). The third-order valence-corrected chi connectivity index (χ3v) is 2.59. The Labute approximate surface area is 105 Å². The number of nitrogens with one attached hydrogen (secondary N) is 2. The van der Waals surface area contributed by atoms with Crippen molar-refractivity contribution < 1.29 is 4.79 Å². The second kappa shape index (κ2) is 4.92. The molecule has 0 spiro atoms. The van der Waals surface area contributed by atoms with E-state index in [9.17, 15) is 9.59 Å². The monoisotopic (exact) mass is 293 g/mol. The topological polar surface area (TPSA) is 74.8 Å². The van der Waals surface area contributed by atoms with Crippen LogP contribution in [0.3, 0.4) is 0 Å². The molecule has 0 aliphatic rings. The van der Waals surface area contributed by atoms with Crippen molar-refractivity contribution in [2.24, 2.45) is 0 Å². The van der Waals surface area contributed by atoms with Gasteiger partial charge < -0.3 is 10.3 Å². The van der Waals surface area contributed by atoms with Gasteiger partial charge >= 0.3 is 0 Å². The summed E-state index contributed by atoms with van der Waals surface area (Å²) in [5.41, 5.74) is 0.131. The van der Waals surface area contributed by atoms with Crippen molar-refractivity contribution in [3.63, 3.8) is 0 Å². The summed E-state index contributed by atoms with van der Waals surface area (Å²) in [6.07, 6.45) is 2.46. The number of nitrogens with zero attached hydrogens (tertiary/aromatic N) is 1. The molecule has 1 aromatic carbocycles. The van der Waals surface area contributed by atoms with Gasteiger partial charge in [-0.3, -0.25) is 9.59 Å². The molecule has 6 heteroatoms. The van der Waals surface area contributed by atoms with Crippen LogP contribution >= 0.6 is 15.9 Å². The SMILES string of the molecule is O=C(Nc1ccc(Br)cc1)c1cnc[nH]c1=O. The van der Waals surface area contributed by atoms with Gasteiger partial charge in [0.25, 0.3) is 11.5 Å². The van der Waals surface area contributed by atoms with Gasteiger partial charge in [0.05, 0.1) is 6.33 Å². The summed E-state index contributed by atoms with van der Waals surface area (Å²) in [7, 11) is 0. The highest BCUT2D eigenvalue weighted by molar-refractivity contribution is 9.10. The molecule has 17 heavy (non-hydrogen) atoms. The van der Waals surface area contributed by atoms with Gasteiger partial charge in [0, 0.05) is 16.4 Å². The minimum Gasteiger partial charge on any atom is -0.322 e. The van der Waals surface area contributed by atoms with Crippen molar-refractivity contribution in [1.29, 1.82) is 0 Å². The van der Waals surface area contributed by atoms with Gasteiger partial charge in [-0.15, -0.1) is 0 Å². The third kappa shape index (κ3) is 2.79. The molecule has 0 radical (unpaired) electrons. The second-order valence-corrected chi connectivity index (χ2v) is 4.17. The molecule has 0 fully saturated rings. The first-order chi connectivity index (χ1) is 8.16. The highest BCUT2D eigenvalue weighted by Crippen LogP contribution is 2.14. The molecule has 1 amide bonds. The summed E-state index contributed by atoms with van der Waals surface area (Å²) in [6, 6.07) is 7.05. The minimum atomic E-state index is -0.485. The molecule has 86 valence electrons. The number of aromatic amines is 1.